The van der Waals surface area contributed by atoms with Crippen molar-refractivity contribution in [2.45, 2.75) is 24.3 Å². The van der Waals surface area contributed by atoms with Gasteiger partial charge in [0.05, 0.1) is 4.90 Å². The molecule has 2 aromatic carbocycles. The topological polar surface area (TPSA) is 110 Å². The highest BCUT2D eigenvalue weighted by Gasteiger charge is 2.20. The molecule has 0 fully saturated rings. The van der Waals surface area contributed by atoms with Gasteiger partial charge in [0.25, 0.3) is 15.9 Å². The molecule has 0 saturated heterocycles. The number of anilines is 2. The maximum Gasteiger partial charge on any atom is 0.265 e. The minimum Gasteiger partial charge on any atom is -0.481 e. The Kier molecular flexibility index (Phi) is 6.86. The van der Waals surface area contributed by atoms with Gasteiger partial charge < -0.3 is 10.1 Å². The van der Waals surface area contributed by atoms with Gasteiger partial charge in [-0.3, -0.25) is 4.79 Å². The van der Waals surface area contributed by atoms with Gasteiger partial charge >= 0.3 is 0 Å². The van der Waals surface area contributed by atoms with E-state index in [-0.39, 0.29) is 16.8 Å². The lowest BCUT2D eigenvalue weighted by Crippen LogP contribution is -2.32. The summed E-state index contributed by atoms with van der Waals surface area (Å²) in [5, 5.41) is 3.23. The molecule has 3 aromatic rings. The molecule has 1 unspecified atom stereocenters. The Morgan fingerprint density at radius 1 is 1.10 bits per heavy atom. The Hall–Kier alpha value is -3.17. The van der Waals surface area contributed by atoms with Crippen molar-refractivity contribution in [1.82, 2.24) is 9.97 Å². The fourth-order valence-corrected chi connectivity index (χ4v) is 3.64. The van der Waals surface area contributed by atoms with Crippen LogP contribution in [0, 0.1) is 0 Å². The minimum absolute atomic E-state index is 0.00942. The van der Waals surface area contributed by atoms with Crippen molar-refractivity contribution in [2.24, 2.45) is 0 Å². The summed E-state index contributed by atoms with van der Waals surface area (Å²) in [6.07, 6.45) is 2.56. The van der Waals surface area contributed by atoms with Crippen LogP contribution in [-0.4, -0.2) is 30.4 Å². The van der Waals surface area contributed by atoms with Crippen LogP contribution in [0.15, 0.2) is 71.9 Å². The zero-order chi connectivity index (χ0) is 21.6. The first kappa shape index (κ1) is 21.5. The molecular weight excluding hydrogens is 428 g/mol. The number of sulfonamides is 1. The van der Waals surface area contributed by atoms with Crippen molar-refractivity contribution in [3.63, 3.8) is 0 Å². The molecule has 0 aliphatic carbocycles. The molecule has 0 aliphatic heterocycles. The first-order valence-corrected chi connectivity index (χ1v) is 10.9. The molecule has 1 amide bonds. The van der Waals surface area contributed by atoms with Crippen LogP contribution in [0.2, 0.25) is 5.02 Å². The van der Waals surface area contributed by atoms with Gasteiger partial charge in [-0.25, -0.2) is 23.1 Å². The van der Waals surface area contributed by atoms with Crippen molar-refractivity contribution in [3.8, 4) is 5.75 Å². The number of amides is 1. The largest absolute Gasteiger partial charge is 0.481 e. The Morgan fingerprint density at radius 3 is 2.43 bits per heavy atom. The van der Waals surface area contributed by atoms with Crippen LogP contribution in [0.5, 0.6) is 5.75 Å². The van der Waals surface area contributed by atoms with Crippen molar-refractivity contribution in [2.75, 3.05) is 10.0 Å². The number of carbonyl (C=O) groups excluding carboxylic acids is 1. The summed E-state index contributed by atoms with van der Waals surface area (Å²) in [5.74, 6) is 0.0999. The number of carbonyl (C=O) groups is 1. The minimum atomic E-state index is -3.85. The van der Waals surface area contributed by atoms with Crippen LogP contribution in [0.4, 0.5) is 11.6 Å². The van der Waals surface area contributed by atoms with Crippen LogP contribution in [-0.2, 0) is 14.8 Å². The molecule has 0 saturated carbocycles. The maximum absolute atomic E-state index is 12.5. The highest BCUT2D eigenvalue weighted by atomic mass is 35.5. The molecular formula is C20H19ClN4O4S. The molecule has 0 aliphatic rings. The summed E-state index contributed by atoms with van der Waals surface area (Å²) >= 11 is 5.94. The molecule has 0 radical (unpaired) electrons. The van der Waals surface area contributed by atoms with Crippen LogP contribution in [0.3, 0.4) is 0 Å². The monoisotopic (exact) mass is 446 g/mol. The van der Waals surface area contributed by atoms with E-state index in [1.807, 2.05) is 6.92 Å². The average Bonchev–Trinajstić information content (AvgIpc) is 2.73. The van der Waals surface area contributed by atoms with Crippen molar-refractivity contribution in [1.29, 1.82) is 0 Å². The van der Waals surface area contributed by atoms with Crippen molar-refractivity contribution in [3.05, 3.63) is 72.0 Å². The van der Waals surface area contributed by atoms with Crippen molar-refractivity contribution >= 4 is 39.2 Å². The van der Waals surface area contributed by atoms with E-state index < -0.39 is 16.1 Å². The molecule has 30 heavy (non-hydrogen) atoms. The fourth-order valence-electron chi connectivity index (χ4n) is 2.50. The molecule has 156 valence electrons. The van der Waals surface area contributed by atoms with Gasteiger partial charge in [0, 0.05) is 23.1 Å². The Morgan fingerprint density at radius 2 is 1.80 bits per heavy atom. The second-order valence-corrected chi connectivity index (χ2v) is 8.28. The lowest BCUT2D eigenvalue weighted by Gasteiger charge is -2.17. The van der Waals surface area contributed by atoms with E-state index >= 15 is 0 Å². The molecule has 1 aromatic heterocycles. The highest BCUT2D eigenvalue weighted by Crippen LogP contribution is 2.20. The summed E-state index contributed by atoms with van der Waals surface area (Å²) in [6.45, 7) is 1.82. The Balaban J connectivity index is 1.66. The van der Waals surface area contributed by atoms with Crippen LogP contribution in [0.25, 0.3) is 0 Å². The summed E-state index contributed by atoms with van der Waals surface area (Å²) in [6, 6.07) is 14.1. The zero-order valence-corrected chi connectivity index (χ0v) is 17.5. The molecule has 10 heteroatoms. The highest BCUT2D eigenvalue weighted by molar-refractivity contribution is 7.92. The maximum atomic E-state index is 12.5. The van der Waals surface area contributed by atoms with Gasteiger partial charge in [0.1, 0.15) is 5.75 Å². The van der Waals surface area contributed by atoms with Crippen LogP contribution >= 0.6 is 11.6 Å². The van der Waals surface area contributed by atoms with Gasteiger partial charge in [-0.1, -0.05) is 24.6 Å². The fraction of sp³-hybridized carbons (Fsp3) is 0.150. The predicted octanol–water partition coefficient (Wildman–Crippen LogP) is 3.73. The first-order valence-electron chi connectivity index (χ1n) is 9.00. The molecule has 0 spiro atoms. The lowest BCUT2D eigenvalue weighted by atomic mass is 10.2. The number of benzene rings is 2. The van der Waals surface area contributed by atoms with Crippen LogP contribution in [0.1, 0.15) is 13.3 Å². The standard InChI is InChI=1S/C20H19ClN4O4S/c1-2-18(29-16-6-3-5-14(21)13-16)19(26)24-15-7-9-17(10-8-15)30(27,28)25-20-22-11-4-12-23-20/h3-13,18H,2H2,1H3,(H,24,26)(H,22,23,25). The van der Waals surface area contributed by atoms with Gasteiger partial charge in [0.15, 0.2) is 6.10 Å². The third kappa shape index (κ3) is 5.68. The Labute approximate surface area is 179 Å². The van der Waals surface area contributed by atoms with Crippen molar-refractivity contribution < 1.29 is 17.9 Å². The molecule has 8 nitrogen and oxygen atoms in total. The normalized spacial score (nSPS) is 12.1. The summed E-state index contributed by atoms with van der Waals surface area (Å²) in [4.78, 5) is 20.2. The zero-order valence-electron chi connectivity index (χ0n) is 15.9. The van der Waals surface area contributed by atoms with Gasteiger partial charge in [-0.2, -0.15) is 0 Å². The van der Waals surface area contributed by atoms with E-state index in [1.165, 1.54) is 36.7 Å². The number of hydrogen-bond donors (Lipinski definition) is 2. The SMILES string of the molecule is CCC(Oc1cccc(Cl)c1)C(=O)Nc1ccc(S(=O)(=O)Nc2ncccn2)cc1. The first-order chi connectivity index (χ1) is 14.4. The lowest BCUT2D eigenvalue weighted by molar-refractivity contribution is -0.122. The third-order valence-corrected chi connectivity index (χ3v) is 5.54. The number of aromatic nitrogens is 2. The third-order valence-electron chi connectivity index (χ3n) is 3.96. The van der Waals surface area contributed by atoms with Gasteiger partial charge in [-0.15, -0.1) is 0 Å². The van der Waals surface area contributed by atoms with E-state index in [9.17, 15) is 13.2 Å². The molecule has 1 heterocycles. The average molecular weight is 447 g/mol. The van der Waals surface area contributed by atoms with E-state index in [0.717, 1.165) is 0 Å². The number of halogens is 1. The summed E-state index contributed by atoms with van der Waals surface area (Å²) in [7, 11) is -3.85. The molecule has 0 bridgehead atoms. The number of hydrogen-bond acceptors (Lipinski definition) is 6. The second kappa shape index (κ2) is 9.55. The van der Waals surface area contributed by atoms with E-state index in [2.05, 4.69) is 20.0 Å². The number of nitrogens with one attached hydrogen (secondary N) is 2. The number of ether oxygens (including phenoxy) is 1. The van der Waals surface area contributed by atoms with Gasteiger partial charge in [-0.05, 0) is 55.0 Å². The van der Waals surface area contributed by atoms with E-state index in [4.69, 9.17) is 16.3 Å². The summed E-state index contributed by atoms with van der Waals surface area (Å²) in [5.41, 5.74) is 0.433. The number of rotatable bonds is 8. The van der Waals surface area contributed by atoms with E-state index in [0.29, 0.717) is 22.9 Å². The van der Waals surface area contributed by atoms with Gasteiger partial charge in [0.2, 0.25) is 5.95 Å². The predicted molar refractivity (Wildman–Crippen MR) is 114 cm³/mol. The molecule has 1 atom stereocenters. The quantitative estimate of drug-likeness (QED) is 0.545. The van der Waals surface area contributed by atoms with Crippen LogP contribution < -0.4 is 14.8 Å². The molecule has 3 rings (SSSR count). The number of nitrogens with zero attached hydrogens (tertiary/aromatic N) is 2. The van der Waals surface area contributed by atoms with E-state index in [1.54, 1.807) is 30.3 Å². The molecule has 2 N–H and O–H groups in total. The smallest absolute Gasteiger partial charge is 0.265 e. The summed E-state index contributed by atoms with van der Waals surface area (Å²) < 4.78 is 32.8. The Bertz CT molecular complexity index is 1110. The second-order valence-electron chi connectivity index (χ2n) is 6.16.